The van der Waals surface area contributed by atoms with Crippen molar-refractivity contribution in [1.82, 2.24) is 0 Å². The van der Waals surface area contributed by atoms with Crippen molar-refractivity contribution in [3.8, 4) is 0 Å². The van der Waals surface area contributed by atoms with Gasteiger partial charge in [-0.05, 0) is 0 Å². The first-order valence-electron chi connectivity index (χ1n) is 4.91. The Morgan fingerprint density at radius 2 is 1.00 bits per heavy atom. The molecule has 0 aliphatic rings. The second-order valence-corrected chi connectivity index (χ2v) is 4.12. The summed E-state index contributed by atoms with van der Waals surface area (Å²) in [7, 11) is 1.41. The van der Waals surface area contributed by atoms with Gasteiger partial charge in [-0.25, -0.2) is 0 Å². The standard InChI is InChI=1S/C9H22Si.4CH4/c1-2-3-4-5-6-7-8-9-10;;;;/h2-9H2,1,10H3;4*1H4. The Hall–Kier alpha value is 0.217. The summed E-state index contributed by atoms with van der Waals surface area (Å²) in [5, 5.41) is 0. The Bertz CT molecular complexity index is 45.2. The lowest BCUT2D eigenvalue weighted by Gasteiger charge is -1.97. The lowest BCUT2D eigenvalue weighted by atomic mass is 10.1. The SMILES string of the molecule is C.C.C.C.CCCCCCCCC[SiH3]. The van der Waals surface area contributed by atoms with Gasteiger partial charge in [-0.15, -0.1) is 0 Å². The topological polar surface area (TPSA) is 0 Å². The molecule has 0 unspecified atom stereocenters. The Balaban J connectivity index is -0.0000000675. The molecule has 0 radical (unpaired) electrons. The molecule has 0 fully saturated rings. The van der Waals surface area contributed by atoms with Gasteiger partial charge < -0.3 is 0 Å². The summed E-state index contributed by atoms with van der Waals surface area (Å²) in [5.74, 6) is 0. The quantitative estimate of drug-likeness (QED) is 0.417. The van der Waals surface area contributed by atoms with E-state index in [1.807, 2.05) is 0 Å². The Labute approximate surface area is 98.3 Å². The molecule has 1 heteroatoms. The second kappa shape index (κ2) is 29.2. The van der Waals surface area contributed by atoms with Crippen molar-refractivity contribution in [1.29, 1.82) is 0 Å². The highest BCUT2D eigenvalue weighted by molar-refractivity contribution is 6.08. The van der Waals surface area contributed by atoms with Gasteiger partial charge >= 0.3 is 0 Å². The van der Waals surface area contributed by atoms with Crippen molar-refractivity contribution in [3.05, 3.63) is 0 Å². The van der Waals surface area contributed by atoms with E-state index in [1.165, 1.54) is 61.2 Å². The molecule has 14 heavy (non-hydrogen) atoms. The first-order chi connectivity index (χ1) is 4.91. The molecule has 0 aromatic heterocycles. The zero-order valence-electron chi connectivity index (χ0n) is 7.66. The summed E-state index contributed by atoms with van der Waals surface area (Å²) >= 11 is 0. The van der Waals surface area contributed by atoms with Crippen LogP contribution in [0.25, 0.3) is 0 Å². The van der Waals surface area contributed by atoms with Crippen LogP contribution in [0.15, 0.2) is 0 Å². The molecule has 0 nitrogen and oxygen atoms in total. The van der Waals surface area contributed by atoms with Crippen molar-refractivity contribution in [3.63, 3.8) is 0 Å². The molecular weight excluding hydrogens is 184 g/mol. The molecule has 0 amide bonds. The van der Waals surface area contributed by atoms with Gasteiger partial charge in [0.15, 0.2) is 0 Å². The molecule has 0 aliphatic carbocycles. The molecule has 0 saturated carbocycles. The zero-order valence-corrected chi connectivity index (χ0v) is 9.66. The number of hydrogen-bond acceptors (Lipinski definition) is 0. The minimum absolute atomic E-state index is 0. The van der Waals surface area contributed by atoms with Gasteiger partial charge in [0.05, 0.1) is 0 Å². The van der Waals surface area contributed by atoms with E-state index in [0.29, 0.717) is 0 Å². The van der Waals surface area contributed by atoms with Crippen molar-refractivity contribution in [2.75, 3.05) is 0 Å². The van der Waals surface area contributed by atoms with E-state index in [1.54, 1.807) is 0 Å². The molecule has 0 N–H and O–H groups in total. The maximum Gasteiger partial charge on any atom is 0.00279 e. The minimum atomic E-state index is 0. The van der Waals surface area contributed by atoms with Crippen molar-refractivity contribution in [2.45, 2.75) is 87.6 Å². The predicted octanol–water partition coefficient (Wildman–Crippen LogP) is 5.07. The van der Waals surface area contributed by atoms with E-state index in [-0.39, 0.29) is 29.7 Å². The highest BCUT2D eigenvalue weighted by atomic mass is 28.1. The fourth-order valence-corrected chi connectivity index (χ4v) is 1.71. The maximum absolute atomic E-state index is 2.28. The van der Waals surface area contributed by atoms with Crippen LogP contribution in [0, 0.1) is 0 Å². The molecule has 0 spiro atoms. The summed E-state index contributed by atoms with van der Waals surface area (Å²) in [6, 6.07) is 1.51. The average Bonchev–Trinajstić information content (AvgIpc) is 1.97. The van der Waals surface area contributed by atoms with Crippen LogP contribution in [-0.2, 0) is 0 Å². The van der Waals surface area contributed by atoms with E-state index < -0.39 is 0 Å². The molecule has 0 bridgehead atoms. The van der Waals surface area contributed by atoms with Gasteiger partial charge in [0.1, 0.15) is 0 Å². The Morgan fingerprint density at radius 1 is 0.643 bits per heavy atom. The van der Waals surface area contributed by atoms with Crippen LogP contribution in [0.4, 0.5) is 0 Å². The maximum atomic E-state index is 2.28. The molecule has 94 valence electrons. The van der Waals surface area contributed by atoms with Crippen LogP contribution in [-0.4, -0.2) is 10.2 Å². The molecule has 0 aromatic carbocycles. The summed E-state index contributed by atoms with van der Waals surface area (Å²) < 4.78 is 0. The first kappa shape index (κ1) is 29.2. The summed E-state index contributed by atoms with van der Waals surface area (Å²) in [6.07, 6.45) is 10.3. The minimum Gasteiger partial charge on any atom is -0.0776 e. The lowest BCUT2D eigenvalue weighted by Crippen LogP contribution is -1.78. The summed E-state index contributed by atoms with van der Waals surface area (Å²) in [6.45, 7) is 2.28. The van der Waals surface area contributed by atoms with Crippen molar-refractivity contribution < 1.29 is 0 Å². The van der Waals surface area contributed by atoms with Crippen LogP contribution >= 0.6 is 0 Å². The third-order valence-corrected chi connectivity index (χ3v) is 2.66. The molecule has 0 aromatic rings. The van der Waals surface area contributed by atoms with E-state index >= 15 is 0 Å². The normalized spacial score (nSPS) is 7.50. The van der Waals surface area contributed by atoms with E-state index in [4.69, 9.17) is 0 Å². The highest BCUT2D eigenvalue weighted by Crippen LogP contribution is 2.07. The Morgan fingerprint density at radius 3 is 1.36 bits per heavy atom. The second-order valence-electron chi connectivity index (χ2n) is 3.12. The van der Waals surface area contributed by atoms with E-state index in [9.17, 15) is 0 Å². The zero-order chi connectivity index (χ0) is 7.66. The third-order valence-electron chi connectivity index (χ3n) is 1.96. The van der Waals surface area contributed by atoms with Crippen LogP contribution in [0.1, 0.15) is 81.6 Å². The fourth-order valence-electron chi connectivity index (χ4n) is 1.21. The van der Waals surface area contributed by atoms with Crippen LogP contribution in [0.3, 0.4) is 0 Å². The van der Waals surface area contributed by atoms with Gasteiger partial charge in [0, 0.05) is 10.2 Å². The smallest absolute Gasteiger partial charge is 0.00279 e. The fraction of sp³-hybridized carbons (Fsp3) is 1.00. The number of rotatable bonds is 7. The molecule has 0 heterocycles. The van der Waals surface area contributed by atoms with Gasteiger partial charge in [-0.2, -0.15) is 0 Å². The highest BCUT2D eigenvalue weighted by Gasteiger charge is 1.87. The van der Waals surface area contributed by atoms with Gasteiger partial charge in [-0.1, -0.05) is 87.6 Å². The summed E-state index contributed by atoms with van der Waals surface area (Å²) in [5.41, 5.74) is 0. The molecule has 0 saturated heterocycles. The van der Waals surface area contributed by atoms with E-state index in [2.05, 4.69) is 6.92 Å². The van der Waals surface area contributed by atoms with Gasteiger partial charge in [0.25, 0.3) is 0 Å². The molecule has 0 rings (SSSR count). The Kier molecular flexibility index (Phi) is 61.0. The number of hydrogen-bond donors (Lipinski definition) is 0. The van der Waals surface area contributed by atoms with Gasteiger partial charge in [0.2, 0.25) is 0 Å². The molecular formula is C13H38Si. The predicted molar refractivity (Wildman–Crippen MR) is 79.7 cm³/mol. The average molecular weight is 223 g/mol. The molecule has 0 atom stereocenters. The van der Waals surface area contributed by atoms with E-state index in [0.717, 1.165) is 0 Å². The largest absolute Gasteiger partial charge is 0.0776 e. The number of unbranched alkanes of at least 4 members (excludes halogenated alkanes) is 6. The first-order valence-corrected chi connectivity index (χ1v) is 6.33. The van der Waals surface area contributed by atoms with Crippen LogP contribution in [0.5, 0.6) is 0 Å². The molecule has 0 aliphatic heterocycles. The van der Waals surface area contributed by atoms with Gasteiger partial charge in [-0.3, -0.25) is 0 Å². The summed E-state index contributed by atoms with van der Waals surface area (Å²) in [4.78, 5) is 0. The van der Waals surface area contributed by atoms with Crippen molar-refractivity contribution >= 4 is 10.2 Å². The monoisotopic (exact) mass is 222 g/mol. The lowest BCUT2D eigenvalue weighted by molar-refractivity contribution is 0.602. The van der Waals surface area contributed by atoms with Crippen LogP contribution < -0.4 is 0 Å². The third kappa shape index (κ3) is 29.5. The van der Waals surface area contributed by atoms with Crippen LogP contribution in [0.2, 0.25) is 6.04 Å². The van der Waals surface area contributed by atoms with Crippen molar-refractivity contribution in [2.24, 2.45) is 0 Å².